The molecule has 0 fully saturated rings. The van der Waals surface area contributed by atoms with Gasteiger partial charge in [-0.1, -0.05) is 12.1 Å². The minimum atomic E-state index is 0.0894. The molecule has 0 bridgehead atoms. The number of aromatic nitrogens is 1. The van der Waals surface area contributed by atoms with Gasteiger partial charge in [0.1, 0.15) is 5.01 Å². The first kappa shape index (κ1) is 14.0. The summed E-state index contributed by atoms with van der Waals surface area (Å²) in [4.78, 5) is 15.9. The molecule has 0 saturated carbocycles. The van der Waals surface area contributed by atoms with Gasteiger partial charge in [0.2, 0.25) is 5.91 Å². The predicted octanol–water partition coefficient (Wildman–Crippen LogP) is 2.47. The zero-order valence-corrected chi connectivity index (χ0v) is 12.1. The number of carbonyl (C=O) groups excluding carboxylic acids is 1. The Kier molecular flexibility index (Phi) is 4.87. The van der Waals surface area contributed by atoms with Gasteiger partial charge in [0, 0.05) is 19.5 Å². The molecular weight excluding hydrogens is 258 g/mol. The SMILES string of the molecule is CCNC(=O)CCNC(C)c1nc2ccccc2s1. The van der Waals surface area contributed by atoms with Gasteiger partial charge in [-0.05, 0) is 26.0 Å². The van der Waals surface area contributed by atoms with Gasteiger partial charge < -0.3 is 10.6 Å². The van der Waals surface area contributed by atoms with Crippen molar-refractivity contribution in [1.82, 2.24) is 15.6 Å². The molecule has 2 rings (SSSR count). The number of thiazole rings is 1. The van der Waals surface area contributed by atoms with E-state index >= 15 is 0 Å². The molecule has 0 spiro atoms. The van der Waals surface area contributed by atoms with Crippen molar-refractivity contribution in [2.45, 2.75) is 26.3 Å². The number of nitrogens with zero attached hydrogens (tertiary/aromatic N) is 1. The van der Waals surface area contributed by atoms with E-state index in [2.05, 4.69) is 28.6 Å². The molecule has 0 radical (unpaired) electrons. The molecule has 2 aromatic rings. The average Bonchev–Trinajstić information content (AvgIpc) is 2.82. The normalized spacial score (nSPS) is 12.5. The Hall–Kier alpha value is -1.46. The summed E-state index contributed by atoms with van der Waals surface area (Å²) in [6.07, 6.45) is 0.503. The van der Waals surface area contributed by atoms with Crippen molar-refractivity contribution in [1.29, 1.82) is 0 Å². The van der Waals surface area contributed by atoms with E-state index < -0.39 is 0 Å². The summed E-state index contributed by atoms with van der Waals surface area (Å²) in [5, 5.41) is 7.19. The number of hydrogen-bond donors (Lipinski definition) is 2. The maximum absolute atomic E-state index is 11.3. The lowest BCUT2D eigenvalue weighted by atomic mass is 10.3. The van der Waals surface area contributed by atoms with Crippen molar-refractivity contribution < 1.29 is 4.79 Å². The lowest BCUT2D eigenvalue weighted by molar-refractivity contribution is -0.120. The van der Waals surface area contributed by atoms with Crippen LogP contribution in [-0.2, 0) is 4.79 Å². The number of nitrogens with one attached hydrogen (secondary N) is 2. The van der Waals surface area contributed by atoms with Crippen LogP contribution in [0.4, 0.5) is 0 Å². The number of carbonyl (C=O) groups is 1. The monoisotopic (exact) mass is 277 g/mol. The molecule has 0 aliphatic carbocycles. The number of para-hydroxylation sites is 1. The van der Waals surface area contributed by atoms with Crippen molar-refractivity contribution in [3.8, 4) is 0 Å². The van der Waals surface area contributed by atoms with E-state index in [9.17, 15) is 4.79 Å². The van der Waals surface area contributed by atoms with Gasteiger partial charge in [0.25, 0.3) is 0 Å². The van der Waals surface area contributed by atoms with E-state index in [0.29, 0.717) is 19.5 Å². The van der Waals surface area contributed by atoms with E-state index in [0.717, 1.165) is 10.5 Å². The topological polar surface area (TPSA) is 54.0 Å². The summed E-state index contributed by atoms with van der Waals surface area (Å²) in [6, 6.07) is 8.30. The van der Waals surface area contributed by atoms with Crippen LogP contribution in [0.3, 0.4) is 0 Å². The highest BCUT2D eigenvalue weighted by atomic mass is 32.1. The Balaban J connectivity index is 1.89. The van der Waals surface area contributed by atoms with Crippen molar-refractivity contribution in [3.63, 3.8) is 0 Å². The van der Waals surface area contributed by atoms with E-state index in [4.69, 9.17) is 0 Å². The van der Waals surface area contributed by atoms with E-state index in [-0.39, 0.29) is 11.9 Å². The molecule has 1 aromatic carbocycles. The average molecular weight is 277 g/mol. The summed E-state index contributed by atoms with van der Waals surface area (Å²) >= 11 is 1.70. The van der Waals surface area contributed by atoms with Crippen LogP contribution in [0, 0.1) is 0 Å². The van der Waals surface area contributed by atoms with Gasteiger partial charge >= 0.3 is 0 Å². The van der Waals surface area contributed by atoms with Gasteiger partial charge in [0.15, 0.2) is 0 Å². The van der Waals surface area contributed by atoms with Crippen molar-refractivity contribution in [3.05, 3.63) is 29.3 Å². The van der Waals surface area contributed by atoms with Gasteiger partial charge in [0.05, 0.1) is 16.3 Å². The third-order valence-corrected chi connectivity index (χ3v) is 4.08. The molecule has 19 heavy (non-hydrogen) atoms. The predicted molar refractivity (Wildman–Crippen MR) is 79.3 cm³/mol. The molecule has 5 heteroatoms. The smallest absolute Gasteiger partial charge is 0.221 e. The quantitative estimate of drug-likeness (QED) is 0.853. The summed E-state index contributed by atoms with van der Waals surface area (Å²) < 4.78 is 1.20. The molecule has 1 aromatic heterocycles. The molecule has 2 N–H and O–H groups in total. The fraction of sp³-hybridized carbons (Fsp3) is 0.429. The maximum atomic E-state index is 11.3. The largest absolute Gasteiger partial charge is 0.356 e. The van der Waals surface area contributed by atoms with Crippen LogP contribution >= 0.6 is 11.3 Å². The Morgan fingerprint density at radius 2 is 2.21 bits per heavy atom. The highest BCUT2D eigenvalue weighted by molar-refractivity contribution is 7.18. The fourth-order valence-electron chi connectivity index (χ4n) is 1.85. The Labute approximate surface area is 117 Å². The Morgan fingerprint density at radius 1 is 1.42 bits per heavy atom. The molecular formula is C14H19N3OS. The minimum Gasteiger partial charge on any atom is -0.356 e. The first-order chi connectivity index (χ1) is 9.20. The van der Waals surface area contributed by atoms with Crippen LogP contribution in [0.1, 0.15) is 31.3 Å². The van der Waals surface area contributed by atoms with Gasteiger partial charge in [-0.3, -0.25) is 4.79 Å². The van der Waals surface area contributed by atoms with Gasteiger partial charge in [-0.2, -0.15) is 0 Å². The van der Waals surface area contributed by atoms with E-state index in [1.807, 2.05) is 25.1 Å². The molecule has 1 amide bonds. The molecule has 1 unspecified atom stereocenters. The van der Waals surface area contributed by atoms with Crippen LogP contribution in [0.5, 0.6) is 0 Å². The number of benzene rings is 1. The number of hydrogen-bond acceptors (Lipinski definition) is 4. The Bertz CT molecular complexity index is 519. The van der Waals surface area contributed by atoms with Gasteiger partial charge in [-0.15, -0.1) is 11.3 Å². The molecule has 1 atom stereocenters. The van der Waals surface area contributed by atoms with Gasteiger partial charge in [-0.25, -0.2) is 4.98 Å². The lowest BCUT2D eigenvalue weighted by Crippen LogP contribution is -2.28. The third-order valence-electron chi connectivity index (χ3n) is 2.86. The van der Waals surface area contributed by atoms with Crippen LogP contribution in [0.15, 0.2) is 24.3 Å². The summed E-state index contributed by atoms with van der Waals surface area (Å²) in [5.74, 6) is 0.0894. The zero-order valence-electron chi connectivity index (χ0n) is 11.3. The standard InChI is InChI=1S/C14H19N3OS/c1-3-15-13(18)8-9-16-10(2)14-17-11-6-4-5-7-12(11)19-14/h4-7,10,16H,3,8-9H2,1-2H3,(H,15,18). The molecule has 0 aliphatic heterocycles. The molecule has 0 aliphatic rings. The molecule has 102 valence electrons. The highest BCUT2D eigenvalue weighted by Gasteiger charge is 2.11. The maximum Gasteiger partial charge on any atom is 0.221 e. The highest BCUT2D eigenvalue weighted by Crippen LogP contribution is 2.25. The Morgan fingerprint density at radius 3 is 2.95 bits per heavy atom. The second-order valence-corrected chi connectivity index (χ2v) is 5.46. The summed E-state index contributed by atoms with van der Waals surface area (Å²) in [5.41, 5.74) is 1.04. The van der Waals surface area contributed by atoms with Crippen molar-refractivity contribution >= 4 is 27.5 Å². The van der Waals surface area contributed by atoms with Crippen LogP contribution < -0.4 is 10.6 Å². The third kappa shape index (κ3) is 3.75. The van der Waals surface area contributed by atoms with Crippen molar-refractivity contribution in [2.24, 2.45) is 0 Å². The van der Waals surface area contributed by atoms with Crippen molar-refractivity contribution in [2.75, 3.05) is 13.1 Å². The summed E-state index contributed by atoms with van der Waals surface area (Å²) in [7, 11) is 0. The van der Waals surface area contributed by atoms with E-state index in [1.165, 1.54) is 4.70 Å². The zero-order chi connectivity index (χ0) is 13.7. The second-order valence-electron chi connectivity index (χ2n) is 4.40. The van der Waals surface area contributed by atoms with Crippen LogP contribution in [0.25, 0.3) is 10.2 Å². The first-order valence-corrected chi connectivity index (χ1v) is 7.38. The first-order valence-electron chi connectivity index (χ1n) is 6.56. The van der Waals surface area contributed by atoms with Crippen LogP contribution in [-0.4, -0.2) is 24.0 Å². The minimum absolute atomic E-state index is 0.0894. The number of rotatable bonds is 6. The van der Waals surface area contributed by atoms with E-state index in [1.54, 1.807) is 11.3 Å². The second kappa shape index (κ2) is 6.63. The fourth-order valence-corrected chi connectivity index (χ4v) is 2.84. The summed E-state index contributed by atoms with van der Waals surface area (Å²) in [6.45, 7) is 5.36. The lowest BCUT2D eigenvalue weighted by Gasteiger charge is -2.10. The molecule has 1 heterocycles. The van der Waals surface area contributed by atoms with Crippen LogP contribution in [0.2, 0.25) is 0 Å². The molecule has 0 saturated heterocycles. The number of amides is 1. The molecule has 4 nitrogen and oxygen atoms in total. The number of fused-ring (bicyclic) bond motifs is 1.